The number of hydrogen-bond donors (Lipinski definition) is 0. The Morgan fingerprint density at radius 2 is 1.26 bits per heavy atom. The molecule has 0 saturated carbocycles. The summed E-state index contributed by atoms with van der Waals surface area (Å²) in [6.45, 7) is 9.30. The van der Waals surface area contributed by atoms with Crippen LogP contribution >= 0.6 is 23.4 Å². The van der Waals surface area contributed by atoms with E-state index in [1.54, 1.807) is 0 Å². The first-order valence-corrected chi connectivity index (χ1v) is 23.4. The van der Waals surface area contributed by atoms with Crippen molar-refractivity contribution in [3.05, 3.63) is 197 Å². The fourth-order valence-electron chi connectivity index (χ4n) is 8.50. The van der Waals surface area contributed by atoms with Crippen molar-refractivity contribution in [2.24, 2.45) is 0 Å². The second-order valence-corrected chi connectivity index (χ2v) is 21.7. The molecule has 58 heavy (non-hydrogen) atoms. The van der Waals surface area contributed by atoms with Crippen LogP contribution in [0.4, 0.5) is 0 Å². The maximum absolute atomic E-state index is 11.7. The summed E-state index contributed by atoms with van der Waals surface area (Å²) in [6.07, 6.45) is 1.54. The zero-order valence-corrected chi connectivity index (χ0v) is 36.6. The molecule has 0 amide bonds. The number of hydrogen-bond acceptors (Lipinski definition) is 4. The standard InChI is InChI=1S/C51H52ClNO3SSi/c1-37(56-58(51(2,3)4,43-22-14-8-15-23-43)44-24-16-9-17-25-44)49-45(34-35-57-42-30-26-38(27-31-42)28-33-48(54)55-5)46-36-41(52)29-32-47(46)53(49)50(39-18-10-6-11-19-39)40-20-12-7-13-21-40/h6-27,29-32,36-37,50H,28,33-35H2,1-5H3. The highest BCUT2D eigenvalue weighted by molar-refractivity contribution is 7.99. The maximum atomic E-state index is 11.7. The van der Waals surface area contributed by atoms with Gasteiger partial charge in [0.1, 0.15) is 0 Å². The smallest absolute Gasteiger partial charge is 0.305 e. The number of carbonyl (C=O) groups is 1. The highest BCUT2D eigenvalue weighted by Crippen LogP contribution is 2.45. The second kappa shape index (κ2) is 18.4. The van der Waals surface area contributed by atoms with Crippen molar-refractivity contribution < 1.29 is 14.0 Å². The molecule has 0 bridgehead atoms. The lowest BCUT2D eigenvalue weighted by Crippen LogP contribution is -2.66. The summed E-state index contributed by atoms with van der Waals surface area (Å²) in [7, 11) is -1.54. The molecule has 0 aliphatic rings. The van der Waals surface area contributed by atoms with Gasteiger partial charge in [-0.1, -0.05) is 166 Å². The SMILES string of the molecule is COC(=O)CCc1ccc(SCCc2c(C(C)O[Si](c3ccccc3)(c3ccccc3)C(C)(C)C)n(C(c3ccccc3)c3ccccc3)c3ccc(Cl)cc23)cc1. The summed E-state index contributed by atoms with van der Waals surface area (Å²) in [6, 6.07) is 58.3. The number of aryl methyl sites for hydroxylation is 2. The van der Waals surface area contributed by atoms with Crippen LogP contribution in [-0.2, 0) is 26.8 Å². The molecule has 296 valence electrons. The van der Waals surface area contributed by atoms with Gasteiger partial charge < -0.3 is 13.7 Å². The van der Waals surface area contributed by atoms with E-state index in [-0.39, 0.29) is 23.2 Å². The molecule has 0 fully saturated rings. The number of nitrogens with zero attached hydrogens (tertiary/aromatic N) is 1. The monoisotopic (exact) mass is 821 g/mol. The van der Waals surface area contributed by atoms with E-state index in [0.717, 1.165) is 28.6 Å². The van der Waals surface area contributed by atoms with Crippen molar-refractivity contribution in [1.82, 2.24) is 4.57 Å². The number of carbonyl (C=O) groups excluding carboxylic acids is 1. The summed E-state index contributed by atoms with van der Waals surface area (Å²) in [5, 5.41) is 4.16. The van der Waals surface area contributed by atoms with Crippen LogP contribution < -0.4 is 10.4 Å². The van der Waals surface area contributed by atoms with Crippen LogP contribution in [0.2, 0.25) is 10.1 Å². The van der Waals surface area contributed by atoms with Gasteiger partial charge in [-0.3, -0.25) is 4.79 Å². The third-order valence-corrected chi connectivity index (χ3v) is 17.5. The van der Waals surface area contributed by atoms with E-state index in [1.807, 2.05) is 17.8 Å². The average Bonchev–Trinajstić information content (AvgIpc) is 3.55. The van der Waals surface area contributed by atoms with E-state index in [1.165, 1.54) is 44.8 Å². The van der Waals surface area contributed by atoms with Gasteiger partial charge in [-0.15, -0.1) is 11.8 Å². The molecule has 1 atom stereocenters. The first-order chi connectivity index (χ1) is 28.1. The lowest BCUT2D eigenvalue weighted by molar-refractivity contribution is -0.140. The number of benzene rings is 6. The molecule has 0 radical (unpaired) electrons. The fourth-order valence-corrected chi connectivity index (χ4v) is 14.2. The van der Waals surface area contributed by atoms with Gasteiger partial charge in [-0.25, -0.2) is 0 Å². The molecular weight excluding hydrogens is 770 g/mol. The van der Waals surface area contributed by atoms with Crippen LogP contribution in [0.1, 0.15) is 74.2 Å². The minimum Gasteiger partial charge on any atom is -0.469 e. The predicted molar refractivity (Wildman–Crippen MR) is 245 cm³/mol. The van der Waals surface area contributed by atoms with E-state index in [2.05, 4.69) is 190 Å². The number of methoxy groups -OCH3 is 1. The van der Waals surface area contributed by atoms with Gasteiger partial charge in [0.25, 0.3) is 8.32 Å². The number of esters is 1. The summed E-state index contributed by atoms with van der Waals surface area (Å²) < 4.78 is 15.4. The average molecular weight is 823 g/mol. The molecule has 1 heterocycles. The Hall–Kier alpha value is -4.85. The van der Waals surface area contributed by atoms with E-state index in [4.69, 9.17) is 20.8 Å². The van der Waals surface area contributed by atoms with Crippen molar-refractivity contribution in [3.8, 4) is 0 Å². The van der Waals surface area contributed by atoms with Gasteiger partial charge in [0.05, 0.1) is 24.9 Å². The second-order valence-electron chi connectivity index (χ2n) is 15.9. The molecule has 4 nitrogen and oxygen atoms in total. The van der Waals surface area contributed by atoms with E-state index >= 15 is 0 Å². The number of fused-ring (bicyclic) bond motifs is 1. The number of halogens is 1. The maximum Gasteiger partial charge on any atom is 0.305 e. The van der Waals surface area contributed by atoms with Crippen molar-refractivity contribution in [1.29, 1.82) is 0 Å². The molecule has 0 spiro atoms. The van der Waals surface area contributed by atoms with Gasteiger partial charge in [-0.2, -0.15) is 0 Å². The number of rotatable bonds is 15. The van der Waals surface area contributed by atoms with Crippen molar-refractivity contribution in [2.75, 3.05) is 12.9 Å². The number of ether oxygens (including phenoxy) is 1. The molecule has 7 aromatic rings. The van der Waals surface area contributed by atoms with Crippen LogP contribution in [0.25, 0.3) is 10.9 Å². The van der Waals surface area contributed by atoms with Gasteiger partial charge in [-0.05, 0) is 87.8 Å². The van der Waals surface area contributed by atoms with E-state index in [0.29, 0.717) is 17.9 Å². The van der Waals surface area contributed by atoms with Gasteiger partial charge in [0.2, 0.25) is 0 Å². The summed E-state index contributed by atoms with van der Waals surface area (Å²) in [4.78, 5) is 12.9. The lowest BCUT2D eigenvalue weighted by Gasteiger charge is -2.45. The van der Waals surface area contributed by atoms with Crippen molar-refractivity contribution >= 4 is 58.9 Å². The van der Waals surface area contributed by atoms with E-state index in [9.17, 15) is 4.79 Å². The molecule has 0 aliphatic carbocycles. The summed E-state index contributed by atoms with van der Waals surface area (Å²) in [5.74, 6) is 0.663. The molecule has 0 saturated heterocycles. The quantitative estimate of drug-likeness (QED) is 0.0587. The highest BCUT2D eigenvalue weighted by Gasteiger charge is 2.51. The molecule has 7 heteroatoms. The van der Waals surface area contributed by atoms with Gasteiger partial charge >= 0.3 is 5.97 Å². The molecule has 0 N–H and O–H groups in total. The minimum atomic E-state index is -2.97. The van der Waals surface area contributed by atoms with Crippen molar-refractivity contribution in [3.63, 3.8) is 0 Å². The zero-order valence-electron chi connectivity index (χ0n) is 34.0. The normalized spacial score (nSPS) is 12.5. The van der Waals surface area contributed by atoms with Crippen LogP contribution in [0.15, 0.2) is 169 Å². The topological polar surface area (TPSA) is 40.5 Å². The Balaban J connectivity index is 1.40. The van der Waals surface area contributed by atoms with Crippen LogP contribution in [0.5, 0.6) is 0 Å². The molecule has 1 aromatic heterocycles. The summed E-state index contributed by atoms with van der Waals surface area (Å²) in [5.41, 5.74) is 7.07. The zero-order chi connectivity index (χ0) is 40.7. The van der Waals surface area contributed by atoms with Crippen molar-refractivity contribution in [2.45, 2.75) is 69.0 Å². The van der Waals surface area contributed by atoms with Crippen LogP contribution in [-0.4, -0.2) is 31.7 Å². The number of thioether (sulfide) groups is 1. The van der Waals surface area contributed by atoms with Crippen LogP contribution in [0.3, 0.4) is 0 Å². The van der Waals surface area contributed by atoms with Gasteiger partial charge in [0, 0.05) is 33.0 Å². The first kappa shape index (κ1) is 41.3. The fraction of sp³-hybridized carbons (Fsp3) is 0.235. The lowest BCUT2D eigenvalue weighted by atomic mass is 9.97. The Bertz CT molecular complexity index is 2340. The Labute approximate surface area is 354 Å². The Morgan fingerprint density at radius 1 is 0.724 bits per heavy atom. The molecule has 1 unspecified atom stereocenters. The summed E-state index contributed by atoms with van der Waals surface area (Å²) >= 11 is 8.74. The molecular formula is C51H52ClNO3SSi. The molecule has 7 rings (SSSR count). The largest absolute Gasteiger partial charge is 0.469 e. The minimum absolute atomic E-state index is 0.120. The Morgan fingerprint density at radius 3 is 1.78 bits per heavy atom. The first-order valence-electron chi connectivity index (χ1n) is 20.1. The third kappa shape index (κ3) is 8.76. The molecule has 0 aliphatic heterocycles. The highest BCUT2D eigenvalue weighted by atomic mass is 35.5. The van der Waals surface area contributed by atoms with E-state index < -0.39 is 8.32 Å². The Kier molecular flexibility index (Phi) is 13.1. The molecule has 6 aromatic carbocycles. The predicted octanol–water partition coefficient (Wildman–Crippen LogP) is 12.0. The van der Waals surface area contributed by atoms with Gasteiger partial charge in [0.15, 0.2) is 0 Å². The van der Waals surface area contributed by atoms with Crippen LogP contribution in [0, 0.1) is 0 Å². The number of aromatic nitrogens is 1. The third-order valence-electron chi connectivity index (χ3n) is 11.1.